The second-order valence-corrected chi connectivity index (χ2v) is 3.83. The maximum Gasteiger partial charge on any atom is 0.0484 e. The fraction of sp³-hybridized carbons (Fsp3) is 0.818. The van der Waals surface area contributed by atoms with E-state index in [2.05, 4.69) is 11.2 Å². The van der Waals surface area contributed by atoms with Gasteiger partial charge in [0.05, 0.1) is 0 Å². The number of unbranched alkanes of at least 4 members (excludes halogenated alkanes) is 1. The van der Waals surface area contributed by atoms with Gasteiger partial charge in [-0.25, -0.2) is 0 Å². The number of terminal acetylenes is 1. The zero-order valence-corrected chi connectivity index (χ0v) is 8.72. The van der Waals surface area contributed by atoms with Crippen molar-refractivity contribution in [3.8, 4) is 12.3 Å². The van der Waals surface area contributed by atoms with Crippen LogP contribution in [0.1, 0.15) is 25.7 Å². The zero-order chi connectivity index (χ0) is 10.3. The summed E-state index contributed by atoms with van der Waals surface area (Å²) in [6.45, 7) is 3.28. The van der Waals surface area contributed by atoms with Crippen LogP contribution < -0.4 is 11.1 Å². The smallest absolute Gasteiger partial charge is 0.0484 e. The summed E-state index contributed by atoms with van der Waals surface area (Å²) in [7, 11) is 0. The highest BCUT2D eigenvalue weighted by molar-refractivity contribution is 4.91. The van der Waals surface area contributed by atoms with Crippen LogP contribution in [0.25, 0.3) is 0 Å². The quantitative estimate of drug-likeness (QED) is 0.497. The summed E-state index contributed by atoms with van der Waals surface area (Å²) in [5, 5.41) is 3.52. The van der Waals surface area contributed by atoms with Crippen molar-refractivity contribution in [2.45, 2.75) is 31.2 Å². The van der Waals surface area contributed by atoms with Crippen LogP contribution in [0.4, 0.5) is 0 Å². The number of ether oxygens (including phenoxy) is 1. The second-order valence-electron chi connectivity index (χ2n) is 3.83. The predicted molar refractivity (Wildman–Crippen MR) is 57.9 cm³/mol. The van der Waals surface area contributed by atoms with Crippen LogP contribution in [0.2, 0.25) is 0 Å². The third-order valence-electron chi connectivity index (χ3n) is 2.84. The molecule has 0 bridgehead atoms. The summed E-state index contributed by atoms with van der Waals surface area (Å²) in [6.07, 6.45) is 9.08. The lowest BCUT2D eigenvalue weighted by Crippen LogP contribution is -2.54. The van der Waals surface area contributed by atoms with Crippen molar-refractivity contribution in [3.63, 3.8) is 0 Å². The van der Waals surface area contributed by atoms with Gasteiger partial charge in [-0.3, -0.25) is 0 Å². The Bertz CT molecular complexity index is 192. The molecule has 1 heterocycles. The van der Waals surface area contributed by atoms with Crippen molar-refractivity contribution in [3.05, 3.63) is 0 Å². The molecule has 0 aromatic rings. The maximum atomic E-state index is 5.79. The standard InChI is InChI=1S/C11H20N2O/c1-2-3-4-7-13-11(10-12)5-8-14-9-6-11/h1,13H,3-10,12H2. The minimum absolute atomic E-state index is 0.104. The highest BCUT2D eigenvalue weighted by atomic mass is 16.5. The van der Waals surface area contributed by atoms with Crippen LogP contribution in [0, 0.1) is 12.3 Å². The Kier molecular flexibility index (Phi) is 4.95. The molecule has 0 spiro atoms. The Morgan fingerprint density at radius 2 is 2.14 bits per heavy atom. The molecule has 1 fully saturated rings. The van der Waals surface area contributed by atoms with Crippen LogP contribution in [0.5, 0.6) is 0 Å². The molecule has 3 nitrogen and oxygen atoms in total. The van der Waals surface area contributed by atoms with Gasteiger partial charge >= 0.3 is 0 Å². The van der Waals surface area contributed by atoms with Crippen LogP contribution in [0.15, 0.2) is 0 Å². The van der Waals surface area contributed by atoms with Gasteiger partial charge in [0.2, 0.25) is 0 Å². The molecule has 1 saturated heterocycles. The average molecular weight is 196 g/mol. The molecule has 0 atom stereocenters. The van der Waals surface area contributed by atoms with Crippen molar-refractivity contribution in [1.29, 1.82) is 0 Å². The molecule has 0 aliphatic carbocycles. The van der Waals surface area contributed by atoms with Crippen LogP contribution >= 0.6 is 0 Å². The Morgan fingerprint density at radius 3 is 2.71 bits per heavy atom. The van der Waals surface area contributed by atoms with E-state index in [1.54, 1.807) is 0 Å². The Morgan fingerprint density at radius 1 is 1.43 bits per heavy atom. The van der Waals surface area contributed by atoms with Crippen LogP contribution in [-0.4, -0.2) is 31.8 Å². The normalized spacial score (nSPS) is 20.3. The van der Waals surface area contributed by atoms with Gasteiger partial charge < -0.3 is 15.8 Å². The van der Waals surface area contributed by atoms with E-state index in [1.165, 1.54) is 0 Å². The van der Waals surface area contributed by atoms with Crippen molar-refractivity contribution in [1.82, 2.24) is 5.32 Å². The first-order chi connectivity index (χ1) is 6.83. The van der Waals surface area contributed by atoms with E-state index in [0.29, 0.717) is 6.54 Å². The average Bonchev–Trinajstić information content (AvgIpc) is 2.26. The first kappa shape index (κ1) is 11.5. The van der Waals surface area contributed by atoms with Gasteiger partial charge in [-0.05, 0) is 25.8 Å². The van der Waals surface area contributed by atoms with Gasteiger partial charge in [-0.1, -0.05) is 0 Å². The molecule has 0 aromatic carbocycles. The van der Waals surface area contributed by atoms with E-state index in [-0.39, 0.29) is 5.54 Å². The Balaban J connectivity index is 2.26. The van der Waals surface area contributed by atoms with Crippen LogP contribution in [0.3, 0.4) is 0 Å². The Labute approximate surface area is 86.4 Å². The molecule has 1 rings (SSSR count). The van der Waals surface area contributed by atoms with Crippen molar-refractivity contribution >= 4 is 0 Å². The number of rotatable bonds is 5. The van der Waals surface area contributed by atoms with Gasteiger partial charge in [0.1, 0.15) is 0 Å². The molecule has 3 heteroatoms. The first-order valence-corrected chi connectivity index (χ1v) is 5.29. The topological polar surface area (TPSA) is 47.3 Å². The highest BCUT2D eigenvalue weighted by Gasteiger charge is 2.29. The third kappa shape index (κ3) is 3.30. The monoisotopic (exact) mass is 196 g/mol. The molecule has 1 aliphatic rings. The molecular formula is C11H20N2O. The number of hydrogen-bond acceptors (Lipinski definition) is 3. The van der Waals surface area contributed by atoms with E-state index in [0.717, 1.165) is 45.4 Å². The summed E-state index contributed by atoms with van der Waals surface area (Å²) in [6, 6.07) is 0. The molecule has 14 heavy (non-hydrogen) atoms. The van der Waals surface area contributed by atoms with Crippen molar-refractivity contribution in [2.24, 2.45) is 5.73 Å². The minimum Gasteiger partial charge on any atom is -0.381 e. The van der Waals surface area contributed by atoms with Gasteiger partial charge in [-0.15, -0.1) is 12.3 Å². The fourth-order valence-electron chi connectivity index (χ4n) is 1.76. The lowest BCUT2D eigenvalue weighted by Gasteiger charge is -2.37. The second kappa shape index (κ2) is 6.02. The zero-order valence-electron chi connectivity index (χ0n) is 8.72. The summed E-state index contributed by atoms with van der Waals surface area (Å²) in [5.41, 5.74) is 5.90. The molecule has 3 N–H and O–H groups in total. The summed E-state index contributed by atoms with van der Waals surface area (Å²) >= 11 is 0. The van der Waals surface area contributed by atoms with E-state index in [1.807, 2.05) is 0 Å². The van der Waals surface area contributed by atoms with E-state index < -0.39 is 0 Å². The SMILES string of the molecule is C#CCCCNC1(CN)CCOCC1. The third-order valence-corrected chi connectivity index (χ3v) is 2.84. The molecule has 0 radical (unpaired) electrons. The highest BCUT2D eigenvalue weighted by Crippen LogP contribution is 2.19. The van der Waals surface area contributed by atoms with Crippen molar-refractivity contribution in [2.75, 3.05) is 26.3 Å². The largest absolute Gasteiger partial charge is 0.381 e. The number of nitrogens with two attached hydrogens (primary N) is 1. The molecular weight excluding hydrogens is 176 g/mol. The molecule has 0 saturated carbocycles. The molecule has 0 aromatic heterocycles. The number of nitrogens with one attached hydrogen (secondary N) is 1. The predicted octanol–water partition coefficient (Wildman–Crippen LogP) is 0.497. The van der Waals surface area contributed by atoms with E-state index >= 15 is 0 Å². The molecule has 1 aliphatic heterocycles. The molecule has 80 valence electrons. The van der Waals surface area contributed by atoms with Gasteiger partial charge in [0.25, 0.3) is 0 Å². The molecule has 0 amide bonds. The van der Waals surface area contributed by atoms with Crippen LogP contribution in [-0.2, 0) is 4.74 Å². The van der Waals surface area contributed by atoms with E-state index in [9.17, 15) is 0 Å². The maximum absolute atomic E-state index is 5.79. The summed E-state index contributed by atoms with van der Waals surface area (Å²) < 4.78 is 5.33. The lowest BCUT2D eigenvalue weighted by molar-refractivity contribution is 0.0415. The number of hydrogen-bond donors (Lipinski definition) is 2. The lowest BCUT2D eigenvalue weighted by atomic mass is 9.90. The first-order valence-electron chi connectivity index (χ1n) is 5.29. The Hall–Kier alpha value is -0.560. The van der Waals surface area contributed by atoms with Gasteiger partial charge in [0.15, 0.2) is 0 Å². The van der Waals surface area contributed by atoms with E-state index in [4.69, 9.17) is 16.9 Å². The molecule has 0 unspecified atom stereocenters. The fourth-order valence-corrected chi connectivity index (χ4v) is 1.76. The van der Waals surface area contributed by atoms with Gasteiger partial charge in [0, 0.05) is 31.7 Å². The summed E-state index contributed by atoms with van der Waals surface area (Å²) in [5.74, 6) is 2.64. The minimum atomic E-state index is 0.104. The summed E-state index contributed by atoms with van der Waals surface area (Å²) in [4.78, 5) is 0. The van der Waals surface area contributed by atoms with Gasteiger partial charge in [-0.2, -0.15) is 0 Å². The van der Waals surface area contributed by atoms with Crippen molar-refractivity contribution < 1.29 is 4.74 Å².